The van der Waals surface area contributed by atoms with E-state index in [-0.39, 0.29) is 0 Å². The molecule has 0 atom stereocenters. The van der Waals surface area contributed by atoms with Crippen LogP contribution in [0.3, 0.4) is 0 Å². The molecule has 94 valence electrons. The Morgan fingerprint density at radius 3 is 2.29 bits per heavy atom. The van der Waals surface area contributed by atoms with E-state index in [1.54, 1.807) is 0 Å². The third kappa shape index (κ3) is 2.98. The van der Waals surface area contributed by atoms with Crippen molar-refractivity contribution >= 4 is 28.3 Å². The smallest absolute Gasteiger partial charge is 0.258 e. The van der Waals surface area contributed by atoms with E-state index in [1.807, 2.05) is 0 Å². The largest absolute Gasteiger partial charge is 0.434 e. The van der Waals surface area contributed by atoms with E-state index >= 15 is 0 Å². The maximum atomic E-state index is 12.4. The maximum Gasteiger partial charge on any atom is 0.434 e. The van der Waals surface area contributed by atoms with Gasteiger partial charge in [0.1, 0.15) is 0 Å². The van der Waals surface area contributed by atoms with Crippen molar-refractivity contribution in [2.75, 3.05) is 0 Å². The van der Waals surface area contributed by atoms with Crippen molar-refractivity contribution in [3.05, 3.63) is 31.1 Å². The third-order valence-corrected chi connectivity index (χ3v) is 2.48. The molecule has 4 nitrogen and oxygen atoms in total. The van der Waals surface area contributed by atoms with Crippen molar-refractivity contribution in [1.82, 2.24) is 4.98 Å². The molecular weight excluding hydrogens is 366 g/mol. The second-order valence-corrected chi connectivity index (χ2v) is 3.94. The summed E-state index contributed by atoms with van der Waals surface area (Å²) in [6.07, 6.45) is -8.39. The second kappa shape index (κ2) is 4.66. The lowest BCUT2D eigenvalue weighted by Gasteiger charge is -2.10. The molecule has 1 heterocycles. The van der Waals surface area contributed by atoms with Crippen molar-refractivity contribution in [1.29, 1.82) is 0 Å². The molecule has 1 aromatic rings. The summed E-state index contributed by atoms with van der Waals surface area (Å²) in [6, 6.07) is 0.428. The summed E-state index contributed by atoms with van der Waals surface area (Å²) < 4.78 is 61.1. The first kappa shape index (κ1) is 14.0. The fourth-order valence-corrected chi connectivity index (χ4v) is 1.72. The van der Waals surface area contributed by atoms with Gasteiger partial charge in [0.25, 0.3) is 12.1 Å². The second-order valence-electron chi connectivity index (χ2n) is 2.78. The van der Waals surface area contributed by atoms with E-state index in [0.717, 1.165) is 22.6 Å². The molecule has 0 amide bonds. The summed E-state index contributed by atoms with van der Waals surface area (Å²) in [5, 5.41) is 10.4. The molecular formula is C7H2F5IN2O2. The van der Waals surface area contributed by atoms with Crippen molar-refractivity contribution in [3.8, 4) is 0 Å². The van der Waals surface area contributed by atoms with E-state index in [9.17, 15) is 32.1 Å². The summed E-state index contributed by atoms with van der Waals surface area (Å²) in [4.78, 5) is 11.8. The standard InChI is InChI=1S/C7H2F5IN2O2/c8-6(9)4-3(15(16)17)1-2(13)5(14-4)7(10,11)12/h1,6H. The molecule has 0 saturated carbocycles. The van der Waals surface area contributed by atoms with Crippen LogP contribution in [0.4, 0.5) is 27.6 Å². The molecule has 1 aromatic heterocycles. The SMILES string of the molecule is O=[N+]([O-])c1cc(I)c(C(F)(F)F)nc1C(F)F. The molecule has 0 aliphatic heterocycles. The van der Waals surface area contributed by atoms with Crippen LogP contribution >= 0.6 is 22.6 Å². The number of aromatic nitrogens is 1. The van der Waals surface area contributed by atoms with Crippen LogP contribution in [0.25, 0.3) is 0 Å². The average Bonchev–Trinajstić information content (AvgIpc) is 2.14. The number of alkyl halides is 5. The number of nitrogens with zero attached hydrogens (tertiary/aromatic N) is 2. The molecule has 0 aliphatic rings. The quantitative estimate of drug-likeness (QED) is 0.347. The van der Waals surface area contributed by atoms with Crippen LogP contribution < -0.4 is 0 Å². The molecule has 0 radical (unpaired) electrons. The maximum absolute atomic E-state index is 12.4. The van der Waals surface area contributed by atoms with Gasteiger partial charge in [0.2, 0.25) is 0 Å². The molecule has 0 bridgehead atoms. The minimum absolute atomic E-state index is 0.428. The fourth-order valence-electron chi connectivity index (χ4n) is 0.999. The monoisotopic (exact) mass is 368 g/mol. The van der Waals surface area contributed by atoms with Gasteiger partial charge in [-0.1, -0.05) is 0 Å². The lowest BCUT2D eigenvalue weighted by Crippen LogP contribution is -2.14. The molecule has 10 heteroatoms. The predicted molar refractivity (Wildman–Crippen MR) is 53.6 cm³/mol. The number of hydrogen-bond donors (Lipinski definition) is 0. The van der Waals surface area contributed by atoms with E-state index < -0.39 is 38.2 Å². The van der Waals surface area contributed by atoms with Crippen molar-refractivity contribution < 1.29 is 26.9 Å². The summed E-state index contributed by atoms with van der Waals surface area (Å²) in [7, 11) is 0. The Balaban J connectivity index is 3.51. The van der Waals surface area contributed by atoms with Gasteiger partial charge in [0.15, 0.2) is 11.4 Å². The Morgan fingerprint density at radius 2 is 1.94 bits per heavy atom. The molecule has 1 rings (SSSR count). The van der Waals surface area contributed by atoms with Crippen LogP contribution in [0.2, 0.25) is 0 Å². The number of halogens is 6. The van der Waals surface area contributed by atoms with Crippen molar-refractivity contribution in [2.45, 2.75) is 12.6 Å². The number of hydrogen-bond acceptors (Lipinski definition) is 3. The van der Waals surface area contributed by atoms with E-state index in [1.165, 1.54) is 0 Å². The zero-order chi connectivity index (χ0) is 13.4. The molecule has 0 aliphatic carbocycles. The Bertz CT molecular complexity index is 462. The molecule has 0 saturated heterocycles. The first-order chi connectivity index (χ1) is 7.64. The van der Waals surface area contributed by atoms with Crippen molar-refractivity contribution in [3.63, 3.8) is 0 Å². The van der Waals surface area contributed by atoms with Crippen LogP contribution in [0.15, 0.2) is 6.07 Å². The normalized spacial score (nSPS) is 11.9. The van der Waals surface area contributed by atoms with Crippen LogP contribution in [-0.2, 0) is 6.18 Å². The van der Waals surface area contributed by atoms with Crippen LogP contribution in [-0.4, -0.2) is 9.91 Å². The van der Waals surface area contributed by atoms with Gasteiger partial charge in [-0.3, -0.25) is 10.1 Å². The fraction of sp³-hybridized carbons (Fsp3) is 0.286. The van der Waals surface area contributed by atoms with Gasteiger partial charge in [-0.2, -0.15) is 13.2 Å². The summed E-state index contributed by atoms with van der Waals surface area (Å²) in [5.41, 5.74) is -4.17. The van der Waals surface area contributed by atoms with Gasteiger partial charge in [0, 0.05) is 6.07 Å². The highest BCUT2D eigenvalue weighted by atomic mass is 127. The number of nitro groups is 1. The summed E-state index contributed by atoms with van der Waals surface area (Å²) in [6.45, 7) is 0. The lowest BCUT2D eigenvalue weighted by molar-refractivity contribution is -0.386. The van der Waals surface area contributed by atoms with E-state index in [2.05, 4.69) is 4.98 Å². The van der Waals surface area contributed by atoms with Gasteiger partial charge in [-0.05, 0) is 22.6 Å². The molecule has 0 N–H and O–H groups in total. The Kier molecular flexibility index (Phi) is 3.84. The van der Waals surface area contributed by atoms with Gasteiger partial charge in [-0.25, -0.2) is 13.8 Å². The highest BCUT2D eigenvalue weighted by Gasteiger charge is 2.38. The zero-order valence-corrected chi connectivity index (χ0v) is 9.79. The van der Waals surface area contributed by atoms with Crippen LogP contribution in [0, 0.1) is 13.7 Å². The topological polar surface area (TPSA) is 56.0 Å². The van der Waals surface area contributed by atoms with Gasteiger partial charge >= 0.3 is 6.18 Å². The Morgan fingerprint density at radius 1 is 1.41 bits per heavy atom. The molecule has 0 unspecified atom stereocenters. The van der Waals surface area contributed by atoms with Crippen molar-refractivity contribution in [2.24, 2.45) is 0 Å². The first-order valence-electron chi connectivity index (χ1n) is 3.84. The number of rotatable bonds is 2. The molecule has 0 fully saturated rings. The third-order valence-electron chi connectivity index (χ3n) is 1.66. The van der Waals surface area contributed by atoms with Crippen LogP contribution in [0.5, 0.6) is 0 Å². The predicted octanol–water partition coefficient (Wildman–Crippen LogP) is 3.55. The van der Waals surface area contributed by atoms with Gasteiger partial charge < -0.3 is 0 Å². The molecule has 0 aromatic carbocycles. The highest BCUT2D eigenvalue weighted by molar-refractivity contribution is 14.1. The lowest BCUT2D eigenvalue weighted by atomic mass is 10.2. The minimum atomic E-state index is -4.94. The zero-order valence-electron chi connectivity index (χ0n) is 7.63. The summed E-state index contributed by atoms with van der Waals surface area (Å²) >= 11 is 1.15. The van der Waals surface area contributed by atoms with Gasteiger partial charge in [0.05, 0.1) is 8.49 Å². The highest BCUT2D eigenvalue weighted by Crippen LogP contribution is 2.36. The number of pyridine rings is 1. The molecule has 0 spiro atoms. The first-order valence-corrected chi connectivity index (χ1v) is 4.92. The summed E-state index contributed by atoms with van der Waals surface area (Å²) in [5.74, 6) is 0. The Labute approximate surface area is 104 Å². The minimum Gasteiger partial charge on any atom is -0.258 e. The van der Waals surface area contributed by atoms with E-state index in [0.29, 0.717) is 6.07 Å². The van der Waals surface area contributed by atoms with Gasteiger partial charge in [-0.15, -0.1) is 0 Å². The average molecular weight is 368 g/mol. The molecule has 17 heavy (non-hydrogen) atoms. The van der Waals surface area contributed by atoms with E-state index in [4.69, 9.17) is 0 Å². The van der Waals surface area contributed by atoms with Crippen LogP contribution in [0.1, 0.15) is 17.8 Å². The Hall–Kier alpha value is -1.07.